The minimum absolute atomic E-state index is 0.799. The first kappa shape index (κ1) is 10.7. The Morgan fingerprint density at radius 1 is 1.56 bits per heavy atom. The summed E-state index contributed by atoms with van der Waals surface area (Å²) in [5.74, 6) is 0.799. The zero-order valence-electron chi connectivity index (χ0n) is 6.65. The molecule has 0 bridgehead atoms. The third kappa shape index (κ3) is 6.07. The molecule has 0 aliphatic carbocycles. The zero-order chi connectivity index (χ0) is 7.49. The van der Waals surface area contributed by atoms with Gasteiger partial charge in [-0.1, -0.05) is 0 Å². The summed E-state index contributed by atoms with van der Waals surface area (Å²) in [4.78, 5) is 0. The van der Waals surface area contributed by atoms with Crippen LogP contribution in [0.3, 0.4) is 0 Å². The van der Waals surface area contributed by atoms with Crippen molar-refractivity contribution >= 4 is 14.5 Å². The van der Waals surface area contributed by atoms with Crippen molar-refractivity contribution in [2.45, 2.75) is 28.6 Å². The molecule has 0 amide bonds. The second-order valence-electron chi connectivity index (χ2n) is 3.65. The molecule has 9 heavy (non-hydrogen) atoms. The molecule has 2 unspecified atom stereocenters. The van der Waals surface area contributed by atoms with E-state index < -0.39 is 19.6 Å². The van der Waals surface area contributed by atoms with Crippen LogP contribution < -0.4 is 0 Å². The summed E-state index contributed by atoms with van der Waals surface area (Å²) in [6.45, 7) is 6.72. The van der Waals surface area contributed by atoms with Gasteiger partial charge in [0.1, 0.15) is 0 Å². The molecule has 0 saturated heterocycles. The molecule has 0 aromatic rings. The van der Waals surface area contributed by atoms with Crippen LogP contribution in [-0.4, -0.2) is 0 Å². The van der Waals surface area contributed by atoms with Crippen LogP contribution in [0.15, 0.2) is 0 Å². The minimum atomic E-state index is -2.26. The fourth-order valence-electron chi connectivity index (χ4n) is 1.16. The Kier molecular flexibility index (Phi) is 5.35. The van der Waals surface area contributed by atoms with Crippen LogP contribution in [0.1, 0.15) is 20.8 Å². The van der Waals surface area contributed by atoms with Crippen molar-refractivity contribution in [1.82, 2.24) is 0 Å². The summed E-state index contributed by atoms with van der Waals surface area (Å²) >= 11 is -2.26. The van der Waals surface area contributed by atoms with Gasteiger partial charge in [0.25, 0.3) is 0 Å². The first-order valence-electron chi connectivity index (χ1n) is 3.95. The molecular formula is C6H16ClHgP. The number of rotatable bonds is 3. The molecule has 0 rings (SSSR count). The fourth-order valence-corrected chi connectivity index (χ4v) is 19.9. The monoisotopic (exact) mass is 356 g/mol. The van der Waals surface area contributed by atoms with Gasteiger partial charge in [-0.15, -0.1) is 0 Å². The Hall–Kier alpha value is 1.66. The van der Waals surface area contributed by atoms with Crippen LogP contribution in [0.4, 0.5) is 0 Å². The van der Waals surface area contributed by atoms with E-state index in [0.717, 1.165) is 5.92 Å². The molecule has 0 fully saturated rings. The molecule has 0 aliphatic heterocycles. The average Bonchev–Trinajstić information content (AvgIpc) is 1.63. The predicted molar refractivity (Wildman–Crippen MR) is 45.7 cm³/mol. The molecule has 0 N–H and O–H groups in total. The van der Waals surface area contributed by atoms with E-state index in [-0.39, 0.29) is 0 Å². The summed E-state index contributed by atoms with van der Waals surface area (Å²) in [7, 11) is 6.31. The van der Waals surface area contributed by atoms with Crippen molar-refractivity contribution in [3.63, 3.8) is 0 Å². The van der Waals surface area contributed by atoms with Crippen LogP contribution in [0.2, 0.25) is 7.86 Å². The Labute approximate surface area is 68.3 Å². The van der Waals surface area contributed by atoms with E-state index in [1.165, 1.54) is 7.86 Å². The first-order valence-corrected chi connectivity index (χ1v) is 28.8. The van der Waals surface area contributed by atoms with Gasteiger partial charge in [-0.25, -0.2) is 0 Å². The van der Waals surface area contributed by atoms with Gasteiger partial charge in [-0.3, -0.25) is 0 Å². The van der Waals surface area contributed by atoms with E-state index >= 15 is 0 Å². The summed E-state index contributed by atoms with van der Waals surface area (Å²) < 4.78 is 2.58. The molecule has 0 aliphatic rings. The van der Waals surface area contributed by atoms with E-state index in [9.17, 15) is 0 Å². The van der Waals surface area contributed by atoms with Gasteiger partial charge >= 0.3 is 68.7 Å². The molecule has 54 valence electrons. The Balaban J connectivity index is 3.58. The van der Waals surface area contributed by atoms with Gasteiger partial charge in [0, 0.05) is 0 Å². The normalized spacial score (nSPS) is 14.4. The van der Waals surface area contributed by atoms with Crippen molar-refractivity contribution < 1.29 is 19.6 Å². The van der Waals surface area contributed by atoms with Crippen molar-refractivity contribution in [2.24, 2.45) is 5.92 Å². The fraction of sp³-hybridized carbons (Fsp3) is 1.00. The van der Waals surface area contributed by atoms with Crippen LogP contribution in [0.5, 0.6) is 0 Å². The van der Waals surface area contributed by atoms with Gasteiger partial charge < -0.3 is 0 Å². The van der Waals surface area contributed by atoms with E-state index in [0.29, 0.717) is 0 Å². The van der Waals surface area contributed by atoms with Crippen LogP contribution in [0, 0.1) is 5.92 Å². The Morgan fingerprint density at radius 2 is 2.00 bits per heavy atom. The van der Waals surface area contributed by atoms with Gasteiger partial charge in [-0.2, -0.15) is 0 Å². The molecule has 0 aromatic carbocycles. The van der Waals surface area contributed by atoms with Gasteiger partial charge in [0.15, 0.2) is 0 Å². The molecule has 0 radical (unpaired) electrons. The molecule has 0 saturated carbocycles. The zero-order valence-corrected chi connectivity index (χ0v) is 14.1. The molecular weight excluding hydrogens is 339 g/mol. The standard InChI is InChI=1S/C4H9.C2H5.ClH.Hg.H2P/c1-4(2)3;1-2;;;/h4H,1H2,2-3H3;1H2,2H3;1H;;1H2/q;;;+2;-1/p-1. The SMILES string of the molecule is C[CH2][Hg]([PH2])([Cl])[CH2]C(C)C. The molecule has 3 heteroatoms. The maximum atomic E-state index is 6.31. The van der Waals surface area contributed by atoms with Crippen molar-refractivity contribution in [3.8, 4) is 0 Å². The topological polar surface area (TPSA) is 0 Å². The number of hydrogen-bond acceptors (Lipinski definition) is 0. The number of hydrogen-bond donors (Lipinski definition) is 0. The summed E-state index contributed by atoms with van der Waals surface area (Å²) in [6, 6.07) is 0. The Morgan fingerprint density at radius 3 is 2.11 bits per heavy atom. The summed E-state index contributed by atoms with van der Waals surface area (Å²) in [5.41, 5.74) is 0. The summed E-state index contributed by atoms with van der Waals surface area (Å²) in [5, 5.41) is 0. The van der Waals surface area contributed by atoms with Crippen LogP contribution >= 0.6 is 14.5 Å². The quantitative estimate of drug-likeness (QED) is 0.536. The van der Waals surface area contributed by atoms with E-state index in [1.807, 2.05) is 0 Å². The molecule has 0 aromatic heterocycles. The number of halogens is 1. The van der Waals surface area contributed by atoms with Crippen molar-refractivity contribution in [2.75, 3.05) is 0 Å². The molecule has 0 spiro atoms. The average molecular weight is 355 g/mol. The summed E-state index contributed by atoms with van der Waals surface area (Å²) in [6.07, 6.45) is 2.94. The van der Waals surface area contributed by atoms with Gasteiger partial charge in [-0.05, 0) is 0 Å². The van der Waals surface area contributed by atoms with Gasteiger partial charge in [0.2, 0.25) is 0 Å². The third-order valence-electron chi connectivity index (χ3n) is 1.89. The second-order valence-corrected chi connectivity index (χ2v) is 48.8. The first-order chi connectivity index (χ1) is 3.98. The molecule has 0 nitrogen and oxygen atoms in total. The van der Waals surface area contributed by atoms with Crippen LogP contribution in [0.25, 0.3) is 0 Å². The Bertz CT molecular complexity index is 83.1. The third-order valence-corrected chi connectivity index (χ3v) is 29.8. The van der Waals surface area contributed by atoms with Crippen molar-refractivity contribution in [3.05, 3.63) is 0 Å². The van der Waals surface area contributed by atoms with E-state index in [1.54, 1.807) is 0 Å². The van der Waals surface area contributed by atoms with Crippen molar-refractivity contribution in [1.29, 1.82) is 0 Å². The molecule has 2 atom stereocenters. The van der Waals surface area contributed by atoms with E-state index in [2.05, 4.69) is 27.1 Å². The second kappa shape index (κ2) is 4.52. The molecule has 0 heterocycles. The maximum absolute atomic E-state index is 6.31. The predicted octanol–water partition coefficient (Wildman–Crippen LogP) is 3.60. The van der Waals surface area contributed by atoms with Gasteiger partial charge in [0.05, 0.1) is 0 Å². The van der Waals surface area contributed by atoms with Crippen LogP contribution in [-0.2, 0) is 19.6 Å². The van der Waals surface area contributed by atoms with E-state index in [4.69, 9.17) is 8.25 Å².